The van der Waals surface area contributed by atoms with Crippen molar-refractivity contribution in [3.8, 4) is 0 Å². The highest BCUT2D eigenvalue weighted by Crippen LogP contribution is 2.29. The zero-order chi connectivity index (χ0) is 18.0. The molecule has 2 aromatic rings. The maximum atomic E-state index is 12.5. The number of benzene rings is 1. The van der Waals surface area contributed by atoms with Crippen molar-refractivity contribution in [2.45, 2.75) is 23.9 Å². The summed E-state index contributed by atoms with van der Waals surface area (Å²) in [7, 11) is -3.36. The number of rotatable bonds is 5. The summed E-state index contributed by atoms with van der Waals surface area (Å²) < 4.78 is 60.9. The third-order valence-corrected chi connectivity index (χ3v) is 6.63. The van der Waals surface area contributed by atoms with Crippen LogP contribution in [0.15, 0.2) is 40.6 Å². The highest BCUT2D eigenvalue weighted by molar-refractivity contribution is 7.93. The fraction of sp³-hybridized carbons (Fsp3) is 0.267. The molecule has 1 amide bonds. The molecule has 0 spiro atoms. The molecule has 1 aromatic heterocycles. The second-order valence-electron chi connectivity index (χ2n) is 4.90. The van der Waals surface area contributed by atoms with Crippen molar-refractivity contribution in [3.63, 3.8) is 0 Å². The summed E-state index contributed by atoms with van der Waals surface area (Å²) in [5.41, 5.74) is -0.250. The van der Waals surface area contributed by atoms with Crippen LogP contribution in [0.3, 0.4) is 0 Å². The van der Waals surface area contributed by atoms with Crippen LogP contribution in [0, 0.1) is 0 Å². The van der Waals surface area contributed by atoms with Crippen LogP contribution in [0.2, 0.25) is 0 Å². The maximum Gasteiger partial charge on any atom is 0.416 e. The van der Waals surface area contributed by atoms with E-state index in [0.29, 0.717) is 5.56 Å². The van der Waals surface area contributed by atoms with Crippen molar-refractivity contribution in [2.24, 2.45) is 0 Å². The van der Waals surface area contributed by atoms with Crippen molar-refractivity contribution in [1.82, 2.24) is 5.32 Å². The third-order valence-electron chi connectivity index (χ3n) is 3.23. The van der Waals surface area contributed by atoms with Gasteiger partial charge in [0.1, 0.15) is 4.21 Å². The molecule has 0 radical (unpaired) electrons. The van der Waals surface area contributed by atoms with Crippen molar-refractivity contribution < 1.29 is 26.4 Å². The fourth-order valence-electron chi connectivity index (χ4n) is 1.83. The molecular weight excluding hydrogens is 363 g/mol. The van der Waals surface area contributed by atoms with E-state index in [1.165, 1.54) is 31.2 Å². The Balaban J connectivity index is 2.01. The Bertz CT molecular complexity index is 824. The summed E-state index contributed by atoms with van der Waals surface area (Å²) >= 11 is 0.865. The Kier molecular flexibility index (Phi) is 5.34. The van der Waals surface area contributed by atoms with Gasteiger partial charge in [-0.3, -0.25) is 4.79 Å². The summed E-state index contributed by atoms with van der Waals surface area (Å²) in [6, 6.07) is 7.23. The number of carbonyl (C=O) groups excluding carboxylic acids is 1. The van der Waals surface area contributed by atoms with E-state index in [2.05, 4.69) is 5.32 Å². The second-order valence-corrected chi connectivity index (χ2v) is 8.49. The normalized spacial score (nSPS) is 12.2. The van der Waals surface area contributed by atoms with Crippen LogP contribution in [-0.4, -0.2) is 20.1 Å². The number of hydrogen-bond donors (Lipinski definition) is 1. The first kappa shape index (κ1) is 18.5. The van der Waals surface area contributed by atoms with Gasteiger partial charge in [-0.05, 0) is 29.8 Å². The van der Waals surface area contributed by atoms with Crippen LogP contribution in [0.25, 0.3) is 0 Å². The second kappa shape index (κ2) is 6.94. The lowest BCUT2D eigenvalue weighted by Crippen LogP contribution is -2.21. The molecule has 24 heavy (non-hydrogen) atoms. The van der Waals surface area contributed by atoms with Gasteiger partial charge in [0.05, 0.1) is 16.2 Å². The lowest BCUT2D eigenvalue weighted by atomic mass is 10.1. The van der Waals surface area contributed by atoms with E-state index in [1.807, 2.05) is 0 Å². The standard InChI is InChI=1S/C15H14F3NO3S2/c1-2-24(21,22)13-8-7-12(23-13)14(20)19-9-10-3-5-11(6-4-10)15(16,17)18/h3-8H,2,9H2,1H3,(H,19,20). The van der Waals surface area contributed by atoms with Gasteiger partial charge in [-0.15, -0.1) is 11.3 Å². The molecule has 0 saturated heterocycles. The molecule has 0 fully saturated rings. The van der Waals surface area contributed by atoms with Crippen LogP contribution >= 0.6 is 11.3 Å². The molecule has 0 aliphatic carbocycles. The predicted octanol–water partition coefficient (Wildman–Crippen LogP) is 3.49. The first-order chi connectivity index (χ1) is 11.1. The van der Waals surface area contributed by atoms with Gasteiger partial charge in [0.25, 0.3) is 5.91 Å². The summed E-state index contributed by atoms with van der Waals surface area (Å²) in [5, 5.41) is 2.55. The predicted molar refractivity (Wildman–Crippen MR) is 84.7 cm³/mol. The van der Waals surface area contributed by atoms with Gasteiger partial charge in [-0.25, -0.2) is 8.42 Å². The molecule has 2 rings (SSSR count). The monoisotopic (exact) mass is 377 g/mol. The minimum absolute atomic E-state index is 0.0464. The average molecular weight is 377 g/mol. The van der Waals surface area contributed by atoms with Crippen LogP contribution < -0.4 is 5.32 Å². The minimum Gasteiger partial charge on any atom is -0.347 e. The van der Waals surface area contributed by atoms with Crippen LogP contribution in [0.4, 0.5) is 13.2 Å². The smallest absolute Gasteiger partial charge is 0.347 e. The molecule has 0 saturated carbocycles. The molecule has 130 valence electrons. The Hall–Kier alpha value is -1.87. The molecule has 0 unspecified atom stereocenters. The van der Waals surface area contributed by atoms with Crippen LogP contribution in [0.5, 0.6) is 0 Å². The Morgan fingerprint density at radius 1 is 1.12 bits per heavy atom. The number of thiophene rings is 1. The fourth-order valence-corrected chi connectivity index (χ4v) is 4.18. The number of carbonyl (C=O) groups is 1. The third kappa shape index (κ3) is 4.35. The van der Waals surface area contributed by atoms with E-state index in [0.717, 1.165) is 23.5 Å². The van der Waals surface area contributed by atoms with Gasteiger partial charge in [-0.2, -0.15) is 13.2 Å². The molecule has 1 heterocycles. The van der Waals surface area contributed by atoms with E-state index in [4.69, 9.17) is 0 Å². The van der Waals surface area contributed by atoms with E-state index in [1.54, 1.807) is 0 Å². The minimum atomic E-state index is -4.40. The van der Waals surface area contributed by atoms with Gasteiger partial charge in [-0.1, -0.05) is 19.1 Å². The Morgan fingerprint density at radius 3 is 2.29 bits per heavy atom. The maximum absolute atomic E-state index is 12.5. The van der Waals surface area contributed by atoms with Crippen LogP contribution in [0.1, 0.15) is 27.7 Å². The molecule has 9 heteroatoms. The Labute approximate surface area is 141 Å². The lowest BCUT2D eigenvalue weighted by Gasteiger charge is -2.08. The van der Waals surface area contributed by atoms with Crippen LogP contribution in [-0.2, 0) is 22.6 Å². The number of alkyl halides is 3. The van der Waals surface area contributed by atoms with Crippen molar-refractivity contribution in [1.29, 1.82) is 0 Å². The first-order valence-corrected chi connectivity index (χ1v) is 9.37. The summed E-state index contributed by atoms with van der Waals surface area (Å²) in [5.74, 6) is -0.530. The summed E-state index contributed by atoms with van der Waals surface area (Å²) in [4.78, 5) is 12.2. The molecule has 0 aliphatic rings. The van der Waals surface area contributed by atoms with Gasteiger partial charge in [0.15, 0.2) is 9.84 Å². The topological polar surface area (TPSA) is 63.2 Å². The Morgan fingerprint density at radius 2 is 1.75 bits per heavy atom. The van der Waals surface area contributed by atoms with Gasteiger partial charge in [0, 0.05) is 6.54 Å². The molecule has 0 atom stereocenters. The SMILES string of the molecule is CCS(=O)(=O)c1ccc(C(=O)NCc2ccc(C(F)(F)F)cc2)s1. The molecule has 1 N–H and O–H groups in total. The lowest BCUT2D eigenvalue weighted by molar-refractivity contribution is -0.137. The van der Waals surface area contributed by atoms with E-state index in [9.17, 15) is 26.4 Å². The molecule has 0 bridgehead atoms. The molecule has 1 aromatic carbocycles. The number of hydrogen-bond acceptors (Lipinski definition) is 4. The van der Waals surface area contributed by atoms with E-state index < -0.39 is 27.5 Å². The van der Waals surface area contributed by atoms with Gasteiger partial charge >= 0.3 is 6.18 Å². The van der Waals surface area contributed by atoms with Gasteiger partial charge in [0.2, 0.25) is 0 Å². The number of halogens is 3. The highest BCUT2D eigenvalue weighted by atomic mass is 32.2. The molecule has 0 aliphatic heterocycles. The number of nitrogens with one attached hydrogen (secondary N) is 1. The number of amides is 1. The largest absolute Gasteiger partial charge is 0.416 e. The molecule has 4 nitrogen and oxygen atoms in total. The van der Waals surface area contributed by atoms with Gasteiger partial charge < -0.3 is 5.32 Å². The quantitative estimate of drug-likeness (QED) is 0.868. The van der Waals surface area contributed by atoms with E-state index >= 15 is 0 Å². The zero-order valence-corrected chi connectivity index (χ0v) is 14.2. The summed E-state index contributed by atoms with van der Waals surface area (Å²) in [6.07, 6.45) is -4.40. The van der Waals surface area contributed by atoms with Crippen molar-refractivity contribution in [2.75, 3.05) is 5.75 Å². The zero-order valence-electron chi connectivity index (χ0n) is 12.6. The first-order valence-electron chi connectivity index (χ1n) is 6.90. The highest BCUT2D eigenvalue weighted by Gasteiger charge is 2.29. The van der Waals surface area contributed by atoms with Crippen molar-refractivity contribution in [3.05, 3.63) is 52.4 Å². The average Bonchev–Trinajstić information content (AvgIpc) is 3.03. The summed E-state index contributed by atoms with van der Waals surface area (Å²) in [6.45, 7) is 1.56. The molecular formula is C15H14F3NO3S2. The van der Waals surface area contributed by atoms with Crippen molar-refractivity contribution >= 4 is 27.1 Å². The number of sulfone groups is 1. The van der Waals surface area contributed by atoms with E-state index in [-0.39, 0.29) is 21.4 Å².